The zero-order chi connectivity index (χ0) is 12.3. The minimum absolute atomic E-state index is 0.108. The number of benzene rings is 1. The van der Waals surface area contributed by atoms with E-state index in [4.69, 9.17) is 12.6 Å². The summed E-state index contributed by atoms with van der Waals surface area (Å²) in [5.41, 5.74) is 4.26. The molecule has 2 N–H and O–H groups in total. The minimum atomic E-state index is 0.108. The van der Waals surface area contributed by atoms with Crippen molar-refractivity contribution in [3.8, 4) is 0 Å². The lowest BCUT2D eigenvalue weighted by atomic mass is 9.73. The van der Waals surface area contributed by atoms with Crippen molar-refractivity contribution in [3.63, 3.8) is 0 Å². The van der Waals surface area contributed by atoms with Crippen LogP contribution < -0.4 is 5.32 Å². The largest absolute Gasteiger partial charge is 0.361 e. The predicted octanol–water partition coefficient (Wildman–Crippen LogP) is 2.86. The van der Waals surface area contributed by atoms with Crippen molar-refractivity contribution in [1.82, 2.24) is 10.3 Å². The van der Waals surface area contributed by atoms with Crippen molar-refractivity contribution in [2.45, 2.75) is 36.5 Å². The van der Waals surface area contributed by atoms with Gasteiger partial charge < -0.3 is 10.3 Å². The third-order valence-corrected chi connectivity index (χ3v) is 4.89. The molecule has 4 rings (SSSR count). The molecular weight excluding hydrogens is 240 g/mol. The minimum Gasteiger partial charge on any atom is -0.361 e. The second kappa shape index (κ2) is 3.55. The maximum atomic E-state index is 4.80. The molecule has 0 radical (unpaired) electrons. The number of fused-ring (bicyclic) bond motifs is 2. The third kappa shape index (κ3) is 1.47. The summed E-state index contributed by atoms with van der Waals surface area (Å²) < 4.78 is 0.108. The van der Waals surface area contributed by atoms with Gasteiger partial charge in [-0.2, -0.15) is 12.6 Å². The van der Waals surface area contributed by atoms with Gasteiger partial charge in [0.15, 0.2) is 0 Å². The highest BCUT2D eigenvalue weighted by atomic mass is 32.1. The molecule has 0 spiro atoms. The Morgan fingerprint density at radius 3 is 3.17 bits per heavy atom. The van der Waals surface area contributed by atoms with E-state index in [1.165, 1.54) is 22.0 Å². The van der Waals surface area contributed by atoms with Crippen molar-refractivity contribution in [2.24, 2.45) is 0 Å². The number of hydrogen-bond donors (Lipinski definition) is 3. The van der Waals surface area contributed by atoms with Gasteiger partial charge in [-0.3, -0.25) is 0 Å². The van der Waals surface area contributed by atoms with Gasteiger partial charge in [-0.05, 0) is 37.0 Å². The summed E-state index contributed by atoms with van der Waals surface area (Å²) in [5, 5.41) is 5.16. The molecule has 1 aromatic heterocycles. The summed E-state index contributed by atoms with van der Waals surface area (Å²) >= 11 is 4.80. The van der Waals surface area contributed by atoms with E-state index in [0.717, 1.165) is 19.4 Å². The van der Waals surface area contributed by atoms with Crippen LogP contribution in [0.4, 0.5) is 0 Å². The van der Waals surface area contributed by atoms with E-state index >= 15 is 0 Å². The van der Waals surface area contributed by atoms with Gasteiger partial charge in [-0.25, -0.2) is 0 Å². The van der Waals surface area contributed by atoms with Crippen LogP contribution in [-0.4, -0.2) is 22.3 Å². The number of thiol groups is 1. The first-order valence-corrected chi connectivity index (χ1v) is 7.13. The van der Waals surface area contributed by atoms with Crippen LogP contribution in [0.15, 0.2) is 24.4 Å². The third-order valence-electron chi connectivity index (χ3n) is 4.55. The summed E-state index contributed by atoms with van der Waals surface area (Å²) in [6.07, 6.45) is 4.49. The normalized spacial score (nSPS) is 34.6. The van der Waals surface area contributed by atoms with E-state index in [2.05, 4.69) is 41.6 Å². The van der Waals surface area contributed by atoms with Crippen LogP contribution in [-0.2, 0) is 6.42 Å². The molecule has 0 amide bonds. The molecule has 1 aliphatic heterocycles. The van der Waals surface area contributed by atoms with Crippen LogP contribution in [0.1, 0.15) is 30.4 Å². The highest BCUT2D eigenvalue weighted by molar-refractivity contribution is 7.81. The Bertz CT molecular complexity index is 614. The van der Waals surface area contributed by atoms with E-state index in [1.54, 1.807) is 0 Å². The van der Waals surface area contributed by atoms with Crippen LogP contribution >= 0.6 is 12.6 Å². The standard InChI is InChI=1S/C15H18N2S/c1-15(18)6-11-10-3-2-4-12-14(10)9(7-16-12)5-13(11)17-8-15/h2-4,7,11,13,16-18H,5-6,8H2,1H3/t11-,13-,15?/m1/s1. The number of H-pyrrole nitrogens is 1. The monoisotopic (exact) mass is 258 g/mol. The second-order valence-electron chi connectivity index (χ2n) is 6.08. The fraction of sp³-hybridized carbons (Fsp3) is 0.467. The lowest BCUT2D eigenvalue weighted by molar-refractivity contribution is 0.306. The van der Waals surface area contributed by atoms with Crippen LogP contribution in [0.3, 0.4) is 0 Å². The molecule has 2 heterocycles. The van der Waals surface area contributed by atoms with Crippen LogP contribution in [0, 0.1) is 0 Å². The van der Waals surface area contributed by atoms with Crippen molar-refractivity contribution in [2.75, 3.05) is 6.54 Å². The quantitative estimate of drug-likeness (QED) is 0.623. The number of aromatic amines is 1. The van der Waals surface area contributed by atoms with Crippen molar-refractivity contribution in [1.29, 1.82) is 0 Å². The first kappa shape index (κ1) is 10.9. The van der Waals surface area contributed by atoms with Gasteiger partial charge in [0.1, 0.15) is 0 Å². The molecule has 1 saturated heterocycles. The van der Waals surface area contributed by atoms with Gasteiger partial charge in [0.2, 0.25) is 0 Å². The Hall–Kier alpha value is -0.930. The molecule has 3 heteroatoms. The molecule has 2 aromatic rings. The Kier molecular flexibility index (Phi) is 2.16. The number of piperidine rings is 1. The predicted molar refractivity (Wildman–Crippen MR) is 78.5 cm³/mol. The van der Waals surface area contributed by atoms with Gasteiger partial charge in [0.05, 0.1) is 0 Å². The lowest BCUT2D eigenvalue weighted by Gasteiger charge is -2.43. The molecule has 18 heavy (non-hydrogen) atoms. The Morgan fingerprint density at radius 1 is 1.39 bits per heavy atom. The molecule has 2 aliphatic rings. The zero-order valence-corrected chi connectivity index (χ0v) is 11.4. The maximum absolute atomic E-state index is 4.80. The summed E-state index contributed by atoms with van der Waals surface area (Å²) in [5.74, 6) is 0.605. The smallest absolute Gasteiger partial charge is 0.0459 e. The molecule has 1 aliphatic carbocycles. The molecule has 1 unspecified atom stereocenters. The van der Waals surface area contributed by atoms with Gasteiger partial charge in [-0.15, -0.1) is 0 Å². The van der Waals surface area contributed by atoms with Crippen molar-refractivity contribution >= 4 is 23.5 Å². The van der Waals surface area contributed by atoms with Crippen LogP contribution in [0.2, 0.25) is 0 Å². The number of rotatable bonds is 0. The van der Waals surface area contributed by atoms with Crippen molar-refractivity contribution in [3.05, 3.63) is 35.5 Å². The number of nitrogens with one attached hydrogen (secondary N) is 2. The maximum Gasteiger partial charge on any atom is 0.0459 e. The van der Waals surface area contributed by atoms with E-state index in [1.807, 2.05) is 0 Å². The molecule has 0 saturated carbocycles. The van der Waals surface area contributed by atoms with Crippen molar-refractivity contribution < 1.29 is 0 Å². The Labute approximate surface area is 113 Å². The summed E-state index contributed by atoms with van der Waals surface area (Å²) in [6, 6.07) is 7.23. The molecule has 2 nitrogen and oxygen atoms in total. The molecule has 94 valence electrons. The topological polar surface area (TPSA) is 27.8 Å². The number of aromatic nitrogens is 1. The summed E-state index contributed by atoms with van der Waals surface area (Å²) in [6.45, 7) is 3.25. The zero-order valence-electron chi connectivity index (χ0n) is 10.5. The van der Waals surface area contributed by atoms with Gasteiger partial charge in [0.25, 0.3) is 0 Å². The molecule has 1 aromatic carbocycles. The second-order valence-corrected chi connectivity index (χ2v) is 7.16. The lowest BCUT2D eigenvalue weighted by Crippen LogP contribution is -2.51. The van der Waals surface area contributed by atoms with Crippen LogP contribution in [0.5, 0.6) is 0 Å². The Morgan fingerprint density at radius 2 is 2.28 bits per heavy atom. The average molecular weight is 258 g/mol. The van der Waals surface area contributed by atoms with Gasteiger partial charge >= 0.3 is 0 Å². The van der Waals surface area contributed by atoms with Gasteiger partial charge in [0, 0.05) is 40.4 Å². The highest BCUT2D eigenvalue weighted by Gasteiger charge is 2.39. The fourth-order valence-corrected chi connectivity index (χ4v) is 4.00. The molecule has 3 atom stereocenters. The summed E-state index contributed by atoms with van der Waals surface area (Å²) in [7, 11) is 0. The first-order chi connectivity index (χ1) is 8.64. The molecule has 1 fully saturated rings. The number of hydrogen-bond acceptors (Lipinski definition) is 2. The van der Waals surface area contributed by atoms with E-state index < -0.39 is 0 Å². The fourth-order valence-electron chi connectivity index (χ4n) is 3.72. The van der Waals surface area contributed by atoms with E-state index in [-0.39, 0.29) is 4.75 Å². The summed E-state index contributed by atoms with van der Waals surface area (Å²) in [4.78, 5) is 3.40. The van der Waals surface area contributed by atoms with Gasteiger partial charge in [-0.1, -0.05) is 12.1 Å². The average Bonchev–Trinajstić information content (AvgIpc) is 2.75. The molecule has 0 bridgehead atoms. The van der Waals surface area contributed by atoms with Crippen LogP contribution in [0.25, 0.3) is 10.9 Å². The molecular formula is C15H18N2S. The van der Waals surface area contributed by atoms with E-state index in [9.17, 15) is 0 Å². The SMILES string of the molecule is CC1(S)CN[C@@H]2Cc3c[nH]c4cccc(c34)[C@H]2C1. The Balaban J connectivity index is 1.90. The highest BCUT2D eigenvalue weighted by Crippen LogP contribution is 2.43. The first-order valence-electron chi connectivity index (χ1n) is 6.69. The van der Waals surface area contributed by atoms with E-state index in [0.29, 0.717) is 12.0 Å².